The fraction of sp³-hybridized carbons (Fsp3) is 0.286. The molecule has 0 bridgehead atoms. The molecule has 0 saturated carbocycles. The Labute approximate surface area is 158 Å². The van der Waals surface area contributed by atoms with Crippen molar-refractivity contribution in [2.75, 3.05) is 7.11 Å². The molecule has 0 fully saturated rings. The van der Waals surface area contributed by atoms with Crippen LogP contribution < -0.4 is 10.6 Å². The molecule has 0 aliphatic rings. The smallest absolute Gasteiger partial charge is 0.307 e. The maximum atomic E-state index is 12.5. The molecule has 0 saturated heterocycles. The Hall–Kier alpha value is -3.15. The number of carbonyl (C=O) groups excluding carboxylic acids is 3. The van der Waals surface area contributed by atoms with Gasteiger partial charge < -0.3 is 15.4 Å². The molecule has 2 amide bonds. The van der Waals surface area contributed by atoms with E-state index in [1.807, 2.05) is 36.4 Å². The van der Waals surface area contributed by atoms with E-state index in [1.165, 1.54) is 7.11 Å². The van der Waals surface area contributed by atoms with Gasteiger partial charge in [0.05, 0.1) is 26.0 Å². The lowest BCUT2D eigenvalue weighted by atomic mass is 10.0. The fourth-order valence-corrected chi connectivity index (χ4v) is 2.67. The van der Waals surface area contributed by atoms with Gasteiger partial charge in [0.25, 0.3) is 5.91 Å². The Kier molecular flexibility index (Phi) is 7.55. The van der Waals surface area contributed by atoms with E-state index in [1.54, 1.807) is 31.2 Å². The minimum Gasteiger partial charge on any atom is -0.469 e. The lowest BCUT2D eigenvalue weighted by Crippen LogP contribution is -2.38. The molecular weight excluding hydrogens is 344 g/mol. The van der Waals surface area contributed by atoms with E-state index in [0.717, 1.165) is 5.56 Å². The van der Waals surface area contributed by atoms with Crippen LogP contribution in [0.3, 0.4) is 0 Å². The van der Waals surface area contributed by atoms with Crippen molar-refractivity contribution >= 4 is 17.8 Å². The van der Waals surface area contributed by atoms with Crippen LogP contribution in [0.1, 0.15) is 41.7 Å². The Morgan fingerprint density at radius 2 is 1.48 bits per heavy atom. The Morgan fingerprint density at radius 3 is 2.07 bits per heavy atom. The van der Waals surface area contributed by atoms with E-state index >= 15 is 0 Å². The number of hydrogen-bond donors (Lipinski definition) is 2. The molecule has 0 aliphatic carbocycles. The first-order chi connectivity index (χ1) is 13.0. The van der Waals surface area contributed by atoms with Gasteiger partial charge >= 0.3 is 5.97 Å². The van der Waals surface area contributed by atoms with Crippen LogP contribution in [-0.4, -0.2) is 30.9 Å². The average Bonchev–Trinajstić information content (AvgIpc) is 2.68. The predicted octanol–water partition coefficient (Wildman–Crippen LogP) is 2.62. The number of methoxy groups -OCH3 is 1. The third-order valence-electron chi connectivity index (χ3n) is 4.04. The molecule has 2 atom stereocenters. The van der Waals surface area contributed by atoms with Crippen molar-refractivity contribution in [1.29, 1.82) is 0 Å². The van der Waals surface area contributed by atoms with Crippen molar-refractivity contribution in [1.82, 2.24) is 10.6 Å². The summed E-state index contributed by atoms with van der Waals surface area (Å²) in [5.41, 5.74) is 1.36. The van der Waals surface area contributed by atoms with Crippen molar-refractivity contribution < 1.29 is 19.1 Å². The first-order valence-electron chi connectivity index (χ1n) is 8.76. The zero-order valence-corrected chi connectivity index (χ0v) is 15.5. The largest absolute Gasteiger partial charge is 0.469 e. The number of nitrogens with one attached hydrogen (secondary N) is 2. The van der Waals surface area contributed by atoms with Crippen LogP contribution in [0.25, 0.3) is 0 Å². The standard InChI is InChI=1S/C21H24N2O4/c1-15(13-20(25)27-2)22-19(24)14-18(16-9-5-3-6-10-16)23-21(26)17-11-7-4-8-12-17/h3-12,15,18H,13-14H2,1-2H3,(H,22,24)(H,23,26). The molecule has 2 N–H and O–H groups in total. The summed E-state index contributed by atoms with van der Waals surface area (Å²) in [4.78, 5) is 36.2. The second-order valence-electron chi connectivity index (χ2n) is 6.26. The normalized spacial score (nSPS) is 12.5. The number of esters is 1. The highest BCUT2D eigenvalue weighted by Crippen LogP contribution is 2.17. The van der Waals surface area contributed by atoms with Crippen LogP contribution in [-0.2, 0) is 14.3 Å². The van der Waals surface area contributed by atoms with Gasteiger partial charge in [0.2, 0.25) is 5.91 Å². The number of rotatable bonds is 8. The molecule has 142 valence electrons. The first kappa shape index (κ1) is 20.2. The van der Waals surface area contributed by atoms with Crippen molar-refractivity contribution in [3.8, 4) is 0 Å². The maximum Gasteiger partial charge on any atom is 0.307 e. The quantitative estimate of drug-likeness (QED) is 0.702. The van der Waals surface area contributed by atoms with E-state index in [2.05, 4.69) is 15.4 Å². The average molecular weight is 368 g/mol. The molecule has 0 spiro atoms. The molecule has 6 nitrogen and oxygen atoms in total. The zero-order valence-electron chi connectivity index (χ0n) is 15.5. The number of ether oxygens (including phenoxy) is 1. The van der Waals surface area contributed by atoms with Gasteiger partial charge in [-0.25, -0.2) is 0 Å². The van der Waals surface area contributed by atoms with Gasteiger partial charge in [-0.05, 0) is 24.6 Å². The molecule has 2 unspecified atom stereocenters. The monoisotopic (exact) mass is 368 g/mol. The summed E-state index contributed by atoms with van der Waals surface area (Å²) < 4.78 is 4.61. The highest BCUT2D eigenvalue weighted by molar-refractivity contribution is 5.94. The van der Waals surface area contributed by atoms with Crippen LogP contribution in [0.4, 0.5) is 0 Å². The molecule has 6 heteroatoms. The number of hydrogen-bond acceptors (Lipinski definition) is 4. The third kappa shape index (κ3) is 6.58. The lowest BCUT2D eigenvalue weighted by molar-refractivity contribution is -0.141. The summed E-state index contributed by atoms with van der Waals surface area (Å²) in [6.07, 6.45) is 0.155. The van der Waals surface area contributed by atoms with Crippen LogP contribution in [0, 0.1) is 0 Å². The SMILES string of the molecule is COC(=O)CC(C)NC(=O)CC(NC(=O)c1ccccc1)c1ccccc1. The van der Waals surface area contributed by atoms with Crippen molar-refractivity contribution in [2.24, 2.45) is 0 Å². The van der Waals surface area contributed by atoms with E-state index in [9.17, 15) is 14.4 Å². The van der Waals surface area contributed by atoms with Crippen LogP contribution in [0.15, 0.2) is 60.7 Å². The molecular formula is C21H24N2O4. The second kappa shape index (κ2) is 10.1. The Balaban J connectivity index is 2.06. The summed E-state index contributed by atoms with van der Waals surface area (Å²) in [6, 6.07) is 17.3. The van der Waals surface area contributed by atoms with Gasteiger partial charge in [-0.15, -0.1) is 0 Å². The minimum atomic E-state index is -0.482. The molecule has 0 aliphatic heterocycles. The van der Waals surface area contributed by atoms with Gasteiger partial charge in [0, 0.05) is 11.6 Å². The van der Waals surface area contributed by atoms with Crippen LogP contribution in [0.2, 0.25) is 0 Å². The molecule has 2 aromatic rings. The summed E-state index contributed by atoms with van der Waals surface area (Å²) in [7, 11) is 1.31. The minimum absolute atomic E-state index is 0.0636. The lowest BCUT2D eigenvalue weighted by Gasteiger charge is -2.20. The summed E-state index contributed by atoms with van der Waals surface area (Å²) >= 11 is 0. The highest BCUT2D eigenvalue weighted by Gasteiger charge is 2.20. The van der Waals surface area contributed by atoms with Gasteiger partial charge in [0.15, 0.2) is 0 Å². The van der Waals surface area contributed by atoms with E-state index in [0.29, 0.717) is 5.56 Å². The van der Waals surface area contributed by atoms with Gasteiger partial charge in [-0.2, -0.15) is 0 Å². The van der Waals surface area contributed by atoms with E-state index in [4.69, 9.17) is 0 Å². The van der Waals surface area contributed by atoms with Gasteiger partial charge in [-0.1, -0.05) is 48.5 Å². The van der Waals surface area contributed by atoms with Crippen LogP contribution >= 0.6 is 0 Å². The molecule has 2 rings (SSSR count). The predicted molar refractivity (Wildman–Crippen MR) is 102 cm³/mol. The summed E-state index contributed by atoms with van der Waals surface area (Å²) in [5.74, 6) is -0.895. The van der Waals surface area contributed by atoms with E-state index in [-0.39, 0.29) is 36.7 Å². The summed E-state index contributed by atoms with van der Waals surface area (Å²) in [5, 5.41) is 5.68. The first-order valence-corrected chi connectivity index (χ1v) is 8.76. The van der Waals surface area contributed by atoms with Gasteiger partial charge in [0.1, 0.15) is 0 Å². The molecule has 0 aromatic heterocycles. The Morgan fingerprint density at radius 1 is 0.889 bits per heavy atom. The maximum absolute atomic E-state index is 12.5. The molecule has 2 aromatic carbocycles. The van der Waals surface area contributed by atoms with Crippen LogP contribution in [0.5, 0.6) is 0 Å². The summed E-state index contributed by atoms with van der Waals surface area (Å²) in [6.45, 7) is 1.73. The number of carbonyl (C=O) groups is 3. The molecule has 27 heavy (non-hydrogen) atoms. The van der Waals surface area contributed by atoms with Crippen molar-refractivity contribution in [3.05, 3.63) is 71.8 Å². The van der Waals surface area contributed by atoms with Crippen molar-refractivity contribution in [3.63, 3.8) is 0 Å². The topological polar surface area (TPSA) is 84.5 Å². The van der Waals surface area contributed by atoms with E-state index < -0.39 is 6.04 Å². The number of amides is 2. The number of benzene rings is 2. The fourth-order valence-electron chi connectivity index (χ4n) is 2.67. The zero-order chi connectivity index (χ0) is 19.6. The molecule has 0 radical (unpaired) electrons. The molecule has 0 heterocycles. The van der Waals surface area contributed by atoms with Gasteiger partial charge in [-0.3, -0.25) is 14.4 Å². The highest BCUT2D eigenvalue weighted by atomic mass is 16.5. The van der Waals surface area contributed by atoms with Crippen molar-refractivity contribution in [2.45, 2.75) is 31.8 Å². The second-order valence-corrected chi connectivity index (χ2v) is 6.26. The third-order valence-corrected chi connectivity index (χ3v) is 4.04. The Bertz CT molecular complexity index is 762.